The molecule has 1 fully saturated rings. The number of aliphatic hydroxyl groups is 1. The molecule has 0 amide bonds. The Labute approximate surface area is 126 Å². The molecule has 1 aromatic heterocycles. The van der Waals surface area contributed by atoms with Crippen LogP contribution in [0.1, 0.15) is 38.2 Å². The van der Waals surface area contributed by atoms with E-state index in [1.54, 1.807) is 0 Å². The fraction of sp³-hybridized carbons (Fsp3) is 0.467. The summed E-state index contributed by atoms with van der Waals surface area (Å²) in [7, 11) is 0. The molecule has 0 radical (unpaired) electrons. The lowest BCUT2D eigenvalue weighted by molar-refractivity contribution is -0.258. The molecule has 3 N–H and O–H groups in total. The molecule has 0 aromatic carbocycles. The Morgan fingerprint density at radius 2 is 1.95 bits per heavy atom. The number of nitrogens with two attached hydrogens (primary N) is 1. The van der Waals surface area contributed by atoms with Crippen molar-refractivity contribution in [3.8, 4) is 0 Å². The van der Waals surface area contributed by atoms with E-state index in [1.807, 2.05) is 0 Å². The molecule has 1 atom stereocenters. The van der Waals surface area contributed by atoms with Crippen molar-refractivity contribution in [2.24, 2.45) is 10.7 Å². The molecule has 1 aromatic rings. The molecule has 1 unspecified atom stereocenters. The van der Waals surface area contributed by atoms with Gasteiger partial charge in [-0.1, -0.05) is 0 Å². The van der Waals surface area contributed by atoms with Crippen molar-refractivity contribution in [1.82, 2.24) is 4.98 Å². The van der Waals surface area contributed by atoms with E-state index in [-0.39, 0.29) is 11.3 Å². The lowest BCUT2D eigenvalue weighted by Gasteiger charge is -2.26. The number of allylic oxidation sites excluding steroid dienone is 1. The number of halogens is 3. The van der Waals surface area contributed by atoms with E-state index in [4.69, 9.17) is 5.73 Å². The highest BCUT2D eigenvalue weighted by molar-refractivity contribution is 6.02. The maximum atomic E-state index is 12.9. The zero-order valence-corrected chi connectivity index (χ0v) is 12.2. The van der Waals surface area contributed by atoms with E-state index in [1.165, 1.54) is 18.5 Å². The van der Waals surface area contributed by atoms with Gasteiger partial charge in [-0.2, -0.15) is 13.2 Å². The van der Waals surface area contributed by atoms with Gasteiger partial charge in [-0.25, -0.2) is 0 Å². The number of alkyl halides is 3. The van der Waals surface area contributed by atoms with Crippen molar-refractivity contribution in [3.05, 3.63) is 35.8 Å². The summed E-state index contributed by atoms with van der Waals surface area (Å²) in [5.74, 6) is 0. The first-order valence-corrected chi connectivity index (χ1v) is 6.99. The first kappa shape index (κ1) is 16.5. The Kier molecular flexibility index (Phi) is 4.55. The summed E-state index contributed by atoms with van der Waals surface area (Å²) in [6.45, 7) is 0.701. The van der Waals surface area contributed by atoms with E-state index in [0.717, 1.165) is 43.2 Å². The predicted molar refractivity (Wildman–Crippen MR) is 77.7 cm³/mol. The van der Waals surface area contributed by atoms with Crippen LogP contribution in [0.3, 0.4) is 0 Å². The van der Waals surface area contributed by atoms with Gasteiger partial charge in [0.25, 0.3) is 0 Å². The molecular weight excluding hydrogens is 295 g/mol. The minimum Gasteiger partial charge on any atom is -0.404 e. The molecule has 22 heavy (non-hydrogen) atoms. The topological polar surface area (TPSA) is 71.5 Å². The second-order valence-corrected chi connectivity index (χ2v) is 5.46. The third-order valence-corrected chi connectivity index (χ3v) is 3.78. The van der Waals surface area contributed by atoms with Crippen molar-refractivity contribution >= 4 is 11.4 Å². The van der Waals surface area contributed by atoms with Crippen LogP contribution in [0.2, 0.25) is 0 Å². The number of nitrogens with zero attached hydrogens (tertiary/aromatic N) is 2. The molecule has 1 heterocycles. The largest absolute Gasteiger partial charge is 0.421 e. The van der Waals surface area contributed by atoms with Crippen LogP contribution in [0.15, 0.2) is 35.2 Å². The maximum absolute atomic E-state index is 12.9. The SMILES string of the molecule is CC(O)(c1cncc(N=C2CCCCC2=CN)c1)C(F)(F)F. The molecule has 0 saturated heterocycles. The Bertz CT molecular complexity index is 606. The molecule has 0 bridgehead atoms. The zero-order chi connectivity index (χ0) is 16.4. The molecule has 1 aliphatic carbocycles. The van der Waals surface area contributed by atoms with Gasteiger partial charge < -0.3 is 10.8 Å². The molecule has 0 aliphatic heterocycles. The second kappa shape index (κ2) is 6.08. The molecule has 1 saturated carbocycles. The van der Waals surface area contributed by atoms with Crippen LogP contribution >= 0.6 is 0 Å². The average molecular weight is 313 g/mol. The fourth-order valence-electron chi connectivity index (χ4n) is 2.29. The molecule has 2 rings (SSSR count). The monoisotopic (exact) mass is 313 g/mol. The van der Waals surface area contributed by atoms with E-state index in [2.05, 4.69) is 9.98 Å². The van der Waals surface area contributed by atoms with Crippen LogP contribution < -0.4 is 5.73 Å². The number of aliphatic imine (C=N–C) groups is 1. The first-order valence-electron chi connectivity index (χ1n) is 6.99. The van der Waals surface area contributed by atoms with Crippen LogP contribution in [0.25, 0.3) is 0 Å². The Hall–Kier alpha value is -1.89. The fourth-order valence-corrected chi connectivity index (χ4v) is 2.29. The van der Waals surface area contributed by atoms with Crippen LogP contribution in [-0.4, -0.2) is 22.0 Å². The minimum atomic E-state index is -4.78. The van der Waals surface area contributed by atoms with E-state index in [9.17, 15) is 18.3 Å². The van der Waals surface area contributed by atoms with Gasteiger partial charge in [-0.05, 0) is 50.4 Å². The van der Waals surface area contributed by atoms with Crippen molar-refractivity contribution in [1.29, 1.82) is 0 Å². The first-order chi connectivity index (χ1) is 10.3. The smallest absolute Gasteiger partial charge is 0.404 e. The lowest BCUT2D eigenvalue weighted by Crippen LogP contribution is -2.39. The standard InChI is InChI=1S/C15H18F3N3O/c1-14(22,15(16,17)18)11-6-12(9-20-8-11)21-13-5-3-2-4-10(13)7-19/h6-9,22H,2-5,19H2,1H3. The summed E-state index contributed by atoms with van der Waals surface area (Å²) in [4.78, 5) is 8.12. The molecule has 7 heteroatoms. The molecule has 120 valence electrons. The van der Waals surface area contributed by atoms with E-state index < -0.39 is 11.8 Å². The maximum Gasteiger partial charge on any atom is 0.421 e. The third kappa shape index (κ3) is 3.30. The van der Waals surface area contributed by atoms with E-state index >= 15 is 0 Å². The lowest BCUT2D eigenvalue weighted by atomic mass is 9.93. The summed E-state index contributed by atoms with van der Waals surface area (Å²) < 4.78 is 38.7. The molecule has 1 aliphatic rings. The Balaban J connectivity index is 2.37. The van der Waals surface area contributed by atoms with Gasteiger partial charge in [0, 0.05) is 17.5 Å². The van der Waals surface area contributed by atoms with E-state index in [0.29, 0.717) is 6.92 Å². The van der Waals surface area contributed by atoms with Gasteiger partial charge in [0.2, 0.25) is 0 Å². The summed E-state index contributed by atoms with van der Waals surface area (Å²) in [5, 5.41) is 9.71. The Morgan fingerprint density at radius 1 is 1.27 bits per heavy atom. The number of aromatic nitrogens is 1. The van der Waals surface area contributed by atoms with Crippen molar-refractivity contribution in [3.63, 3.8) is 0 Å². The van der Waals surface area contributed by atoms with Crippen LogP contribution in [0.5, 0.6) is 0 Å². The van der Waals surface area contributed by atoms with Gasteiger partial charge in [0.1, 0.15) is 0 Å². The van der Waals surface area contributed by atoms with Crippen molar-refractivity contribution < 1.29 is 18.3 Å². The number of hydrogen-bond donors (Lipinski definition) is 2. The number of hydrogen-bond acceptors (Lipinski definition) is 4. The van der Waals surface area contributed by atoms with Gasteiger partial charge in [0.05, 0.1) is 11.9 Å². The quantitative estimate of drug-likeness (QED) is 0.879. The van der Waals surface area contributed by atoms with Crippen LogP contribution in [-0.2, 0) is 5.60 Å². The van der Waals surface area contributed by atoms with Gasteiger partial charge >= 0.3 is 6.18 Å². The highest BCUT2D eigenvalue weighted by Gasteiger charge is 2.51. The van der Waals surface area contributed by atoms with Gasteiger partial charge in [-0.15, -0.1) is 0 Å². The third-order valence-electron chi connectivity index (χ3n) is 3.78. The molecule has 0 spiro atoms. The highest BCUT2D eigenvalue weighted by Crippen LogP contribution is 2.39. The Morgan fingerprint density at radius 3 is 2.59 bits per heavy atom. The summed E-state index contributed by atoms with van der Waals surface area (Å²) in [6, 6.07) is 1.20. The number of rotatable bonds is 2. The minimum absolute atomic E-state index is 0.276. The summed E-state index contributed by atoms with van der Waals surface area (Å²) >= 11 is 0. The predicted octanol–water partition coefficient (Wildman–Crippen LogP) is 3.34. The van der Waals surface area contributed by atoms with Crippen molar-refractivity contribution in [2.45, 2.75) is 44.4 Å². The average Bonchev–Trinajstić information content (AvgIpc) is 2.47. The highest BCUT2D eigenvalue weighted by atomic mass is 19.4. The second-order valence-electron chi connectivity index (χ2n) is 5.46. The zero-order valence-electron chi connectivity index (χ0n) is 12.2. The number of pyridine rings is 1. The molecule has 4 nitrogen and oxygen atoms in total. The van der Waals surface area contributed by atoms with Gasteiger partial charge in [-0.3, -0.25) is 9.98 Å². The molecular formula is C15H18F3N3O. The van der Waals surface area contributed by atoms with Crippen molar-refractivity contribution in [2.75, 3.05) is 0 Å². The normalized spacial score (nSPS) is 22.8. The summed E-state index contributed by atoms with van der Waals surface area (Å²) in [6.07, 6.45) is 2.58. The van der Waals surface area contributed by atoms with Gasteiger partial charge in [0.15, 0.2) is 5.60 Å². The van der Waals surface area contributed by atoms with Crippen LogP contribution in [0.4, 0.5) is 18.9 Å². The summed E-state index contributed by atoms with van der Waals surface area (Å²) in [5.41, 5.74) is 4.20. The van der Waals surface area contributed by atoms with Crippen LogP contribution in [0, 0.1) is 0 Å².